The summed E-state index contributed by atoms with van der Waals surface area (Å²) in [6, 6.07) is 8.82. The highest BCUT2D eigenvalue weighted by Gasteiger charge is 2.12. The highest BCUT2D eigenvalue weighted by Crippen LogP contribution is 2.22. The van der Waals surface area contributed by atoms with Crippen molar-refractivity contribution in [1.29, 1.82) is 0 Å². The monoisotopic (exact) mass is 221 g/mol. The molecule has 1 aromatic carbocycles. The van der Waals surface area contributed by atoms with Gasteiger partial charge in [0.1, 0.15) is 0 Å². The van der Waals surface area contributed by atoms with E-state index in [-0.39, 0.29) is 18.1 Å². The van der Waals surface area contributed by atoms with Crippen LogP contribution in [0.15, 0.2) is 24.3 Å². The maximum Gasteiger partial charge on any atom is 0.0582 e. The molecule has 16 heavy (non-hydrogen) atoms. The van der Waals surface area contributed by atoms with Crippen molar-refractivity contribution in [2.75, 3.05) is 6.61 Å². The highest BCUT2D eigenvalue weighted by molar-refractivity contribution is 5.27. The molecule has 0 heterocycles. The van der Waals surface area contributed by atoms with Crippen LogP contribution in [0, 0.1) is 0 Å². The molecule has 2 N–H and O–H groups in total. The molecule has 90 valence electrons. The van der Waals surface area contributed by atoms with Crippen molar-refractivity contribution in [3.05, 3.63) is 35.4 Å². The van der Waals surface area contributed by atoms with Crippen molar-refractivity contribution in [2.45, 2.75) is 45.7 Å². The minimum atomic E-state index is 0.155. The average molecular weight is 221 g/mol. The van der Waals surface area contributed by atoms with Gasteiger partial charge in [0.2, 0.25) is 0 Å². The molecule has 0 aliphatic carbocycles. The quantitative estimate of drug-likeness (QED) is 0.818. The second kappa shape index (κ2) is 5.46. The number of rotatable bonds is 4. The summed E-state index contributed by atoms with van der Waals surface area (Å²) in [4.78, 5) is 0. The fourth-order valence-corrected chi connectivity index (χ4v) is 1.48. The van der Waals surface area contributed by atoms with E-state index in [9.17, 15) is 0 Å². The lowest BCUT2D eigenvalue weighted by molar-refractivity contribution is 0.251. The summed E-state index contributed by atoms with van der Waals surface area (Å²) in [6.45, 7) is 9.62. The molecule has 1 aromatic rings. The van der Waals surface area contributed by atoms with Crippen molar-refractivity contribution >= 4 is 0 Å². The molecular weight excluding hydrogens is 198 g/mol. The zero-order chi connectivity index (χ0) is 12.2. The molecule has 0 radical (unpaired) electrons. The molecule has 0 saturated heterocycles. The first-order chi connectivity index (χ1) is 7.43. The molecule has 0 spiro atoms. The first kappa shape index (κ1) is 13.2. The Labute approximate surface area is 98.7 Å². The Balaban J connectivity index is 2.58. The molecule has 2 nitrogen and oxygen atoms in total. The van der Waals surface area contributed by atoms with Gasteiger partial charge in [-0.15, -0.1) is 0 Å². The number of aliphatic hydroxyl groups excluding tert-OH is 1. The summed E-state index contributed by atoms with van der Waals surface area (Å²) in [6.07, 6.45) is 0. The van der Waals surface area contributed by atoms with Crippen molar-refractivity contribution in [1.82, 2.24) is 5.32 Å². The van der Waals surface area contributed by atoms with Crippen LogP contribution in [0.2, 0.25) is 0 Å². The Hall–Kier alpha value is -0.860. The van der Waals surface area contributed by atoms with Crippen LogP contribution < -0.4 is 5.32 Å². The molecule has 0 aliphatic heterocycles. The van der Waals surface area contributed by atoms with Gasteiger partial charge in [0.05, 0.1) is 6.61 Å². The van der Waals surface area contributed by atoms with E-state index in [1.807, 2.05) is 6.92 Å². The van der Waals surface area contributed by atoms with E-state index in [4.69, 9.17) is 5.11 Å². The van der Waals surface area contributed by atoms with E-state index in [0.29, 0.717) is 0 Å². The summed E-state index contributed by atoms with van der Waals surface area (Å²) in [5.74, 6) is 0. The van der Waals surface area contributed by atoms with Gasteiger partial charge in [0, 0.05) is 12.6 Å². The Morgan fingerprint density at radius 3 is 2.19 bits per heavy atom. The first-order valence-electron chi connectivity index (χ1n) is 5.87. The minimum Gasteiger partial charge on any atom is -0.395 e. The predicted octanol–water partition coefficient (Wildman–Crippen LogP) is 2.45. The highest BCUT2D eigenvalue weighted by atomic mass is 16.3. The second-order valence-corrected chi connectivity index (χ2v) is 5.41. The lowest BCUT2D eigenvalue weighted by atomic mass is 9.87. The Kier molecular flexibility index (Phi) is 4.51. The van der Waals surface area contributed by atoms with Crippen LogP contribution in [-0.2, 0) is 12.0 Å². The normalized spacial score (nSPS) is 13.8. The fourth-order valence-electron chi connectivity index (χ4n) is 1.48. The zero-order valence-corrected chi connectivity index (χ0v) is 10.7. The lowest BCUT2D eigenvalue weighted by Crippen LogP contribution is -2.28. The summed E-state index contributed by atoms with van der Waals surface area (Å²) in [7, 11) is 0. The lowest BCUT2D eigenvalue weighted by Gasteiger charge is -2.19. The molecule has 0 fully saturated rings. The van der Waals surface area contributed by atoms with Crippen molar-refractivity contribution in [2.24, 2.45) is 0 Å². The topological polar surface area (TPSA) is 32.3 Å². The van der Waals surface area contributed by atoms with Gasteiger partial charge in [-0.1, -0.05) is 45.0 Å². The van der Waals surface area contributed by atoms with E-state index in [1.165, 1.54) is 11.1 Å². The molecule has 0 bridgehead atoms. The SMILES string of the molecule is C[C@@H](CO)NCc1ccc(C(C)(C)C)cc1. The number of nitrogens with one attached hydrogen (secondary N) is 1. The largest absolute Gasteiger partial charge is 0.395 e. The molecule has 1 rings (SSSR count). The molecule has 0 amide bonds. The van der Waals surface area contributed by atoms with E-state index in [1.54, 1.807) is 0 Å². The zero-order valence-electron chi connectivity index (χ0n) is 10.7. The van der Waals surface area contributed by atoms with Gasteiger partial charge < -0.3 is 10.4 Å². The van der Waals surface area contributed by atoms with Crippen LogP contribution in [0.4, 0.5) is 0 Å². The Morgan fingerprint density at radius 1 is 1.19 bits per heavy atom. The van der Waals surface area contributed by atoms with Crippen LogP contribution in [0.1, 0.15) is 38.8 Å². The number of benzene rings is 1. The molecule has 0 unspecified atom stereocenters. The Morgan fingerprint density at radius 2 is 1.75 bits per heavy atom. The maximum atomic E-state index is 8.90. The van der Waals surface area contributed by atoms with Gasteiger partial charge in [0.15, 0.2) is 0 Å². The molecule has 1 atom stereocenters. The van der Waals surface area contributed by atoms with Crippen LogP contribution in [0.5, 0.6) is 0 Å². The summed E-state index contributed by atoms with van der Waals surface area (Å²) < 4.78 is 0. The van der Waals surface area contributed by atoms with Crippen LogP contribution in [0.3, 0.4) is 0 Å². The van der Waals surface area contributed by atoms with Gasteiger partial charge >= 0.3 is 0 Å². The standard InChI is InChI=1S/C14H23NO/c1-11(10-16)15-9-12-5-7-13(8-6-12)14(2,3)4/h5-8,11,15-16H,9-10H2,1-4H3/t11-/m0/s1. The van der Waals surface area contributed by atoms with Gasteiger partial charge in [0.25, 0.3) is 0 Å². The smallest absolute Gasteiger partial charge is 0.0582 e. The molecule has 0 aromatic heterocycles. The first-order valence-corrected chi connectivity index (χ1v) is 5.87. The van der Waals surface area contributed by atoms with E-state index in [2.05, 4.69) is 50.4 Å². The number of hydrogen-bond donors (Lipinski definition) is 2. The summed E-state index contributed by atoms with van der Waals surface area (Å²) >= 11 is 0. The maximum absolute atomic E-state index is 8.90. The third-order valence-corrected chi connectivity index (χ3v) is 2.75. The summed E-state index contributed by atoms with van der Waals surface area (Å²) in [5, 5.41) is 12.2. The molecule has 0 saturated carbocycles. The van der Waals surface area contributed by atoms with Gasteiger partial charge in [-0.25, -0.2) is 0 Å². The van der Waals surface area contributed by atoms with E-state index >= 15 is 0 Å². The van der Waals surface area contributed by atoms with Crippen molar-refractivity contribution in [3.8, 4) is 0 Å². The fraction of sp³-hybridized carbons (Fsp3) is 0.571. The van der Waals surface area contributed by atoms with Crippen LogP contribution >= 0.6 is 0 Å². The molecule has 2 heteroatoms. The third kappa shape index (κ3) is 3.95. The second-order valence-electron chi connectivity index (χ2n) is 5.41. The molecule has 0 aliphatic rings. The van der Waals surface area contributed by atoms with E-state index < -0.39 is 0 Å². The predicted molar refractivity (Wildman–Crippen MR) is 68.5 cm³/mol. The van der Waals surface area contributed by atoms with Crippen LogP contribution in [-0.4, -0.2) is 17.8 Å². The van der Waals surface area contributed by atoms with Gasteiger partial charge in [-0.05, 0) is 23.5 Å². The van der Waals surface area contributed by atoms with Gasteiger partial charge in [-0.2, -0.15) is 0 Å². The van der Waals surface area contributed by atoms with Crippen LogP contribution in [0.25, 0.3) is 0 Å². The molecular formula is C14H23NO. The van der Waals surface area contributed by atoms with Gasteiger partial charge in [-0.3, -0.25) is 0 Å². The van der Waals surface area contributed by atoms with Crippen molar-refractivity contribution < 1.29 is 5.11 Å². The van der Waals surface area contributed by atoms with E-state index in [0.717, 1.165) is 6.54 Å². The number of aliphatic hydroxyl groups is 1. The number of hydrogen-bond acceptors (Lipinski definition) is 2. The average Bonchev–Trinajstić information content (AvgIpc) is 2.25. The third-order valence-electron chi connectivity index (χ3n) is 2.75. The van der Waals surface area contributed by atoms with Crippen molar-refractivity contribution in [3.63, 3.8) is 0 Å². The Bertz CT molecular complexity index is 311. The minimum absolute atomic E-state index is 0.155. The summed E-state index contributed by atoms with van der Waals surface area (Å²) in [5.41, 5.74) is 2.82.